The van der Waals surface area contributed by atoms with E-state index in [9.17, 15) is 13.2 Å². The first-order valence-corrected chi connectivity index (χ1v) is 11.4. The normalized spacial score (nSPS) is 15.0. The SMILES string of the molecule is CN(C)S(=O)(=O)c1ccc(Cl)c(C(=O)Nc2ccc(CCN3CCCC3)cc2)c1. The molecule has 156 valence electrons. The number of anilines is 1. The van der Waals surface area contributed by atoms with Gasteiger partial charge in [-0.3, -0.25) is 4.79 Å². The summed E-state index contributed by atoms with van der Waals surface area (Å²) in [5.74, 6) is -0.448. The number of likely N-dealkylation sites (tertiary alicyclic amines) is 1. The Morgan fingerprint density at radius 2 is 1.76 bits per heavy atom. The summed E-state index contributed by atoms with van der Waals surface area (Å²) in [5.41, 5.74) is 1.97. The lowest BCUT2D eigenvalue weighted by molar-refractivity contribution is 0.102. The minimum atomic E-state index is -3.65. The van der Waals surface area contributed by atoms with Crippen molar-refractivity contribution < 1.29 is 13.2 Å². The highest BCUT2D eigenvalue weighted by Crippen LogP contribution is 2.23. The zero-order valence-corrected chi connectivity index (χ0v) is 18.3. The van der Waals surface area contributed by atoms with Crippen molar-refractivity contribution in [2.75, 3.05) is 39.0 Å². The van der Waals surface area contributed by atoms with E-state index in [1.54, 1.807) is 0 Å². The maximum atomic E-state index is 12.7. The maximum Gasteiger partial charge on any atom is 0.257 e. The van der Waals surface area contributed by atoms with E-state index < -0.39 is 15.9 Å². The van der Waals surface area contributed by atoms with Gasteiger partial charge in [-0.25, -0.2) is 12.7 Å². The van der Waals surface area contributed by atoms with E-state index in [0.717, 1.165) is 17.3 Å². The van der Waals surface area contributed by atoms with Crippen molar-refractivity contribution >= 4 is 33.2 Å². The van der Waals surface area contributed by atoms with E-state index in [4.69, 9.17) is 11.6 Å². The molecule has 1 heterocycles. The summed E-state index contributed by atoms with van der Waals surface area (Å²) in [6.45, 7) is 3.41. The predicted octanol–water partition coefficient (Wildman–Crippen LogP) is 3.48. The average molecular weight is 436 g/mol. The van der Waals surface area contributed by atoms with E-state index in [0.29, 0.717) is 5.69 Å². The van der Waals surface area contributed by atoms with Crippen molar-refractivity contribution in [3.05, 3.63) is 58.6 Å². The Labute approximate surface area is 177 Å². The van der Waals surface area contributed by atoms with Crippen LogP contribution in [0.2, 0.25) is 5.02 Å². The Morgan fingerprint density at radius 1 is 1.10 bits per heavy atom. The smallest absolute Gasteiger partial charge is 0.257 e. The molecule has 0 spiro atoms. The topological polar surface area (TPSA) is 69.7 Å². The van der Waals surface area contributed by atoms with Crippen molar-refractivity contribution in [3.63, 3.8) is 0 Å². The molecule has 8 heteroatoms. The van der Waals surface area contributed by atoms with Crippen LogP contribution in [0.4, 0.5) is 5.69 Å². The second-order valence-electron chi connectivity index (χ2n) is 7.38. The van der Waals surface area contributed by atoms with Crippen molar-refractivity contribution in [1.29, 1.82) is 0 Å². The molecule has 2 aromatic carbocycles. The number of hydrogen-bond donors (Lipinski definition) is 1. The summed E-state index contributed by atoms with van der Waals surface area (Å²) < 4.78 is 25.7. The Morgan fingerprint density at radius 3 is 2.38 bits per heavy atom. The van der Waals surface area contributed by atoms with Crippen LogP contribution < -0.4 is 5.32 Å². The lowest BCUT2D eigenvalue weighted by Crippen LogP contribution is -2.23. The molecular weight excluding hydrogens is 410 g/mol. The first kappa shape index (κ1) is 21.8. The standard InChI is InChI=1S/C21H26ClN3O3S/c1-24(2)29(27,28)18-9-10-20(22)19(15-18)21(26)23-17-7-5-16(6-8-17)11-14-25-12-3-4-13-25/h5-10,15H,3-4,11-14H2,1-2H3,(H,23,26). The Hall–Kier alpha value is -1.93. The molecular formula is C21H26ClN3O3S. The number of benzene rings is 2. The number of rotatable bonds is 7. The molecule has 6 nitrogen and oxygen atoms in total. The highest BCUT2D eigenvalue weighted by molar-refractivity contribution is 7.89. The average Bonchev–Trinajstić information content (AvgIpc) is 3.21. The van der Waals surface area contributed by atoms with E-state index in [1.807, 2.05) is 24.3 Å². The minimum absolute atomic E-state index is 0.0225. The zero-order valence-electron chi connectivity index (χ0n) is 16.7. The highest BCUT2D eigenvalue weighted by atomic mass is 35.5. The second-order valence-corrected chi connectivity index (χ2v) is 9.94. The van der Waals surface area contributed by atoms with Gasteiger partial charge in [-0.15, -0.1) is 0 Å². The van der Waals surface area contributed by atoms with Gasteiger partial charge < -0.3 is 10.2 Å². The monoisotopic (exact) mass is 435 g/mol. The van der Waals surface area contributed by atoms with E-state index >= 15 is 0 Å². The van der Waals surface area contributed by atoms with Gasteiger partial charge >= 0.3 is 0 Å². The van der Waals surface area contributed by atoms with E-state index in [1.165, 1.54) is 63.8 Å². The number of nitrogens with zero attached hydrogens (tertiary/aromatic N) is 2. The Kier molecular flexibility index (Phi) is 6.95. The summed E-state index contributed by atoms with van der Waals surface area (Å²) in [4.78, 5) is 15.1. The quantitative estimate of drug-likeness (QED) is 0.722. The lowest BCUT2D eigenvalue weighted by Gasteiger charge is -2.15. The van der Waals surface area contributed by atoms with Crippen LogP contribution in [-0.4, -0.2) is 57.3 Å². The third kappa shape index (κ3) is 5.36. The fourth-order valence-corrected chi connectivity index (χ4v) is 4.43. The number of carbonyl (C=O) groups excluding carboxylic acids is 1. The van der Waals surface area contributed by atoms with Crippen LogP contribution in [0, 0.1) is 0 Å². The first-order chi connectivity index (χ1) is 13.8. The maximum absolute atomic E-state index is 12.7. The zero-order chi connectivity index (χ0) is 21.0. The van der Waals surface area contributed by atoms with Crippen molar-refractivity contribution in [3.8, 4) is 0 Å². The predicted molar refractivity (Wildman–Crippen MR) is 116 cm³/mol. The molecule has 0 bridgehead atoms. The van der Waals surface area contributed by atoms with Crippen molar-refractivity contribution in [1.82, 2.24) is 9.21 Å². The van der Waals surface area contributed by atoms with Gasteiger partial charge in [-0.05, 0) is 68.2 Å². The molecule has 1 fully saturated rings. The number of nitrogens with one attached hydrogen (secondary N) is 1. The van der Waals surface area contributed by atoms with Crippen LogP contribution in [0.1, 0.15) is 28.8 Å². The molecule has 1 aliphatic heterocycles. The molecule has 3 rings (SSSR count). The van der Waals surface area contributed by atoms with Gasteiger partial charge in [0.2, 0.25) is 10.0 Å². The van der Waals surface area contributed by atoms with Crippen LogP contribution in [-0.2, 0) is 16.4 Å². The number of hydrogen-bond acceptors (Lipinski definition) is 4. The van der Waals surface area contributed by atoms with Crippen molar-refractivity contribution in [2.45, 2.75) is 24.2 Å². The van der Waals surface area contributed by atoms with Crippen LogP contribution in [0.5, 0.6) is 0 Å². The van der Waals surface area contributed by atoms with Gasteiger partial charge in [-0.2, -0.15) is 0 Å². The summed E-state index contributed by atoms with van der Waals surface area (Å²) in [6.07, 6.45) is 3.54. The van der Waals surface area contributed by atoms with Gasteiger partial charge in [-0.1, -0.05) is 23.7 Å². The van der Waals surface area contributed by atoms with Gasteiger partial charge in [0.1, 0.15) is 0 Å². The fraction of sp³-hybridized carbons (Fsp3) is 0.381. The van der Waals surface area contributed by atoms with Gasteiger partial charge in [0.15, 0.2) is 0 Å². The minimum Gasteiger partial charge on any atom is -0.322 e. The third-order valence-corrected chi connectivity index (χ3v) is 7.23. The summed E-state index contributed by atoms with van der Waals surface area (Å²) in [6, 6.07) is 11.8. The fourth-order valence-electron chi connectivity index (χ4n) is 3.30. The van der Waals surface area contributed by atoms with Gasteiger partial charge in [0.05, 0.1) is 15.5 Å². The molecule has 2 aromatic rings. The summed E-state index contributed by atoms with van der Waals surface area (Å²) in [5, 5.41) is 2.99. The van der Waals surface area contributed by atoms with Crippen LogP contribution in [0.25, 0.3) is 0 Å². The van der Waals surface area contributed by atoms with Crippen LogP contribution in [0.15, 0.2) is 47.4 Å². The van der Waals surface area contributed by atoms with E-state index in [-0.39, 0.29) is 15.5 Å². The number of carbonyl (C=O) groups is 1. The largest absolute Gasteiger partial charge is 0.322 e. The number of sulfonamides is 1. The van der Waals surface area contributed by atoms with Crippen LogP contribution in [0.3, 0.4) is 0 Å². The third-order valence-electron chi connectivity index (χ3n) is 5.09. The van der Waals surface area contributed by atoms with Gasteiger partial charge in [0, 0.05) is 26.3 Å². The molecule has 29 heavy (non-hydrogen) atoms. The molecule has 0 unspecified atom stereocenters. The van der Waals surface area contributed by atoms with Gasteiger partial charge in [0.25, 0.3) is 5.91 Å². The Balaban J connectivity index is 1.68. The molecule has 1 amide bonds. The van der Waals surface area contributed by atoms with E-state index in [2.05, 4.69) is 10.2 Å². The van der Waals surface area contributed by atoms with Crippen molar-refractivity contribution in [2.24, 2.45) is 0 Å². The van der Waals surface area contributed by atoms with Crippen LogP contribution >= 0.6 is 11.6 Å². The second kappa shape index (κ2) is 9.26. The Bertz CT molecular complexity index is 969. The molecule has 1 N–H and O–H groups in total. The molecule has 0 radical (unpaired) electrons. The number of amides is 1. The molecule has 0 atom stereocenters. The molecule has 1 saturated heterocycles. The first-order valence-electron chi connectivity index (χ1n) is 9.62. The molecule has 0 aliphatic carbocycles. The number of halogens is 1. The summed E-state index contributed by atoms with van der Waals surface area (Å²) in [7, 11) is -0.772. The molecule has 0 aromatic heterocycles. The summed E-state index contributed by atoms with van der Waals surface area (Å²) >= 11 is 6.14. The lowest BCUT2D eigenvalue weighted by atomic mass is 10.1. The highest BCUT2D eigenvalue weighted by Gasteiger charge is 2.21. The molecule has 0 saturated carbocycles. The molecule has 1 aliphatic rings.